The summed E-state index contributed by atoms with van der Waals surface area (Å²) in [6.45, 7) is 14.6. The highest BCUT2D eigenvalue weighted by Crippen LogP contribution is 2.33. The maximum absolute atomic E-state index is 5.77. The van der Waals surface area contributed by atoms with E-state index in [0.29, 0.717) is 13.1 Å². The van der Waals surface area contributed by atoms with Gasteiger partial charge >= 0.3 is 0 Å². The topological polar surface area (TPSA) is 70.0 Å². The second kappa shape index (κ2) is 14.0. The molecule has 1 aliphatic heterocycles. The summed E-state index contributed by atoms with van der Waals surface area (Å²) in [6, 6.07) is 23.3. The molecule has 2 aromatic heterocycles. The Balaban J connectivity index is 0.00000180. The van der Waals surface area contributed by atoms with E-state index in [1.54, 1.807) is 0 Å². The lowest BCUT2D eigenvalue weighted by Gasteiger charge is -2.19. The molecule has 5 aromatic rings. The smallest absolute Gasteiger partial charge is 0.0737 e. The number of nitrogens with two attached hydrogens (primary N) is 1. The predicted molar refractivity (Wildman–Crippen MR) is 182 cm³/mol. The molecule has 3 heterocycles. The van der Waals surface area contributed by atoms with Crippen LogP contribution in [0.5, 0.6) is 0 Å². The lowest BCUT2D eigenvalue weighted by Crippen LogP contribution is -2.27. The Morgan fingerprint density at radius 1 is 1.00 bits per heavy atom. The van der Waals surface area contributed by atoms with E-state index in [4.69, 9.17) is 10.7 Å². The van der Waals surface area contributed by atoms with Gasteiger partial charge in [-0.1, -0.05) is 86.4 Å². The minimum absolute atomic E-state index is 0.543. The molecule has 43 heavy (non-hydrogen) atoms. The van der Waals surface area contributed by atoms with E-state index < -0.39 is 0 Å². The molecule has 6 rings (SSSR count). The van der Waals surface area contributed by atoms with Gasteiger partial charge in [0.2, 0.25) is 0 Å². The van der Waals surface area contributed by atoms with Gasteiger partial charge in [-0.15, -0.1) is 0 Å². The Morgan fingerprint density at radius 2 is 1.81 bits per heavy atom. The van der Waals surface area contributed by atoms with Gasteiger partial charge in [-0.3, -0.25) is 4.90 Å². The van der Waals surface area contributed by atoms with Gasteiger partial charge in [0.25, 0.3) is 0 Å². The van der Waals surface area contributed by atoms with Crippen molar-refractivity contribution in [2.24, 2.45) is 5.73 Å². The molecule has 0 unspecified atom stereocenters. The number of H-pyrrole nitrogens is 1. The van der Waals surface area contributed by atoms with Crippen LogP contribution in [-0.2, 0) is 13.1 Å². The molecule has 0 saturated heterocycles. The molecular weight excluding hydrogens is 526 g/mol. The van der Waals surface area contributed by atoms with Crippen molar-refractivity contribution < 1.29 is 0 Å². The second-order valence-electron chi connectivity index (χ2n) is 10.7. The van der Waals surface area contributed by atoms with Crippen LogP contribution in [0.3, 0.4) is 0 Å². The first-order valence-corrected chi connectivity index (χ1v) is 15.2. The molecule has 5 nitrogen and oxygen atoms in total. The van der Waals surface area contributed by atoms with Crippen LogP contribution in [0.2, 0.25) is 0 Å². The summed E-state index contributed by atoms with van der Waals surface area (Å²) >= 11 is 0. The zero-order valence-electron chi connectivity index (χ0n) is 25.5. The first kappa shape index (κ1) is 29.8. The fourth-order valence-electron chi connectivity index (χ4n) is 5.32. The summed E-state index contributed by atoms with van der Waals surface area (Å²) in [5.74, 6) is 6.74. The lowest BCUT2D eigenvalue weighted by molar-refractivity contribution is 0.336. The van der Waals surface area contributed by atoms with Gasteiger partial charge in [0.15, 0.2) is 0 Å². The number of nitrogens with zero attached hydrogens (tertiary/aromatic N) is 2. The van der Waals surface area contributed by atoms with Crippen LogP contribution in [-0.4, -0.2) is 34.5 Å². The van der Waals surface area contributed by atoms with Gasteiger partial charge in [-0.05, 0) is 54.8 Å². The summed E-state index contributed by atoms with van der Waals surface area (Å²) in [5.41, 5.74) is 16.1. The SMILES string of the molecule is C=C(NCc1ccc(CN)cc1)c1cc(-c2c[nH]c3ccc(C)cc23)nc2cc(C#CCN3CC=CCC3)ccc12.CC. The third kappa shape index (κ3) is 7.06. The number of hydrogen-bond acceptors (Lipinski definition) is 4. The quantitative estimate of drug-likeness (QED) is 0.140. The van der Waals surface area contributed by atoms with Crippen molar-refractivity contribution in [3.8, 4) is 23.1 Å². The molecule has 0 atom stereocenters. The average Bonchev–Trinajstić information content (AvgIpc) is 3.47. The molecule has 0 amide bonds. The molecule has 0 fully saturated rings. The number of aromatic nitrogens is 2. The number of pyridine rings is 1. The van der Waals surface area contributed by atoms with Gasteiger partial charge in [0, 0.05) is 71.1 Å². The highest BCUT2D eigenvalue weighted by molar-refractivity contribution is 5.99. The van der Waals surface area contributed by atoms with Crippen molar-refractivity contribution in [2.45, 2.75) is 40.3 Å². The number of hydrogen-bond donors (Lipinski definition) is 3. The first-order chi connectivity index (χ1) is 21.1. The van der Waals surface area contributed by atoms with Crippen LogP contribution >= 0.6 is 0 Å². The van der Waals surface area contributed by atoms with E-state index in [1.165, 1.54) is 11.1 Å². The van der Waals surface area contributed by atoms with E-state index in [9.17, 15) is 0 Å². The summed E-state index contributed by atoms with van der Waals surface area (Å²) in [4.78, 5) is 10.9. The third-order valence-electron chi connectivity index (χ3n) is 7.69. The normalized spacial score (nSPS) is 12.8. The van der Waals surface area contributed by atoms with Gasteiger partial charge in [0.1, 0.15) is 0 Å². The largest absolute Gasteiger partial charge is 0.381 e. The van der Waals surface area contributed by atoms with E-state index in [2.05, 4.69) is 119 Å². The van der Waals surface area contributed by atoms with Crippen molar-refractivity contribution in [1.82, 2.24) is 20.2 Å². The zero-order chi connectivity index (χ0) is 30.2. The Labute approximate surface area is 255 Å². The predicted octanol–water partition coefficient (Wildman–Crippen LogP) is 7.55. The Kier molecular flexibility index (Phi) is 9.73. The van der Waals surface area contributed by atoms with Crippen molar-refractivity contribution in [3.05, 3.63) is 119 Å². The fourth-order valence-corrected chi connectivity index (χ4v) is 5.32. The van der Waals surface area contributed by atoms with E-state index in [1.807, 2.05) is 20.0 Å². The monoisotopic (exact) mass is 567 g/mol. The van der Waals surface area contributed by atoms with Gasteiger partial charge < -0.3 is 16.0 Å². The molecule has 0 aliphatic carbocycles. The Hall–Kier alpha value is -4.63. The van der Waals surface area contributed by atoms with Crippen LogP contribution < -0.4 is 11.1 Å². The highest BCUT2D eigenvalue weighted by atomic mass is 15.1. The first-order valence-electron chi connectivity index (χ1n) is 15.2. The number of nitrogens with one attached hydrogen (secondary N) is 2. The molecule has 4 N–H and O–H groups in total. The average molecular weight is 568 g/mol. The van der Waals surface area contributed by atoms with Crippen molar-refractivity contribution >= 4 is 27.5 Å². The van der Waals surface area contributed by atoms with Crippen molar-refractivity contribution in [2.75, 3.05) is 19.6 Å². The van der Waals surface area contributed by atoms with Crippen LogP contribution in [0, 0.1) is 18.8 Å². The summed E-state index contributed by atoms with van der Waals surface area (Å²) < 4.78 is 0. The fraction of sp³-hybridized carbons (Fsp3) is 0.237. The minimum Gasteiger partial charge on any atom is -0.381 e. The number of fused-ring (bicyclic) bond motifs is 2. The molecule has 1 aliphatic rings. The summed E-state index contributed by atoms with van der Waals surface area (Å²) in [7, 11) is 0. The number of aromatic amines is 1. The van der Waals surface area contributed by atoms with Gasteiger partial charge in [-0.25, -0.2) is 4.98 Å². The molecular formula is C38H41N5. The zero-order valence-corrected chi connectivity index (χ0v) is 25.5. The van der Waals surface area contributed by atoms with Crippen LogP contribution in [0.4, 0.5) is 0 Å². The number of rotatable bonds is 7. The molecule has 5 heteroatoms. The van der Waals surface area contributed by atoms with E-state index in [-0.39, 0.29) is 0 Å². The summed E-state index contributed by atoms with van der Waals surface area (Å²) in [6.07, 6.45) is 7.60. The van der Waals surface area contributed by atoms with Crippen molar-refractivity contribution in [3.63, 3.8) is 0 Å². The van der Waals surface area contributed by atoms with Crippen molar-refractivity contribution in [1.29, 1.82) is 0 Å². The van der Waals surface area contributed by atoms with Crippen LogP contribution in [0.15, 0.2) is 91.7 Å². The van der Waals surface area contributed by atoms with Crippen LogP contribution in [0.1, 0.15) is 48.1 Å². The molecule has 3 aromatic carbocycles. The standard InChI is InChI=1S/C36H35N5.C2H6/c1-25-8-15-34-32(19-25)33(24-39-34)36-21-31(26(2)38-23-29-11-9-28(22-37)10-12-29)30-14-13-27(20-35(30)40-36)7-6-18-41-16-4-3-5-17-41;1-2/h3-4,8-15,19-21,24,38-39H,2,5,16-18,22-23,37H2,1H3;1-2H3. The molecule has 218 valence electrons. The third-order valence-corrected chi connectivity index (χ3v) is 7.69. The van der Waals surface area contributed by atoms with Gasteiger partial charge in [-0.2, -0.15) is 0 Å². The Morgan fingerprint density at radius 3 is 2.58 bits per heavy atom. The molecule has 0 spiro atoms. The molecule has 0 saturated carbocycles. The number of benzene rings is 3. The van der Waals surface area contributed by atoms with Gasteiger partial charge in [0.05, 0.1) is 17.8 Å². The Bertz CT molecular complexity index is 1820. The highest BCUT2D eigenvalue weighted by Gasteiger charge is 2.14. The summed E-state index contributed by atoms with van der Waals surface area (Å²) in [5, 5.41) is 5.76. The maximum atomic E-state index is 5.77. The van der Waals surface area contributed by atoms with Crippen LogP contribution in [0.25, 0.3) is 38.8 Å². The molecule has 0 radical (unpaired) electrons. The van der Waals surface area contributed by atoms with E-state index >= 15 is 0 Å². The second-order valence-corrected chi connectivity index (χ2v) is 10.7. The number of aryl methyl sites for hydroxylation is 1. The lowest BCUT2D eigenvalue weighted by atomic mass is 10.00. The molecule has 0 bridgehead atoms. The minimum atomic E-state index is 0.543. The maximum Gasteiger partial charge on any atom is 0.0737 e. The van der Waals surface area contributed by atoms with E-state index in [0.717, 1.165) is 81.5 Å².